The summed E-state index contributed by atoms with van der Waals surface area (Å²) >= 11 is 0. The van der Waals surface area contributed by atoms with Crippen LogP contribution in [0.4, 0.5) is 0 Å². The largest absolute Gasteiger partial charge is 0.383 e. The molecule has 21 heavy (non-hydrogen) atoms. The Morgan fingerprint density at radius 3 is 2.71 bits per heavy atom. The molecule has 3 rings (SSSR count). The van der Waals surface area contributed by atoms with E-state index in [1.807, 2.05) is 24.4 Å². The maximum Gasteiger partial charge on any atom is 0.110 e. The summed E-state index contributed by atoms with van der Waals surface area (Å²) in [5.74, 6) is 1.29. The lowest BCUT2D eigenvalue weighted by atomic mass is 9.65. The Labute approximate surface area is 127 Å². The van der Waals surface area contributed by atoms with E-state index in [2.05, 4.69) is 37.9 Å². The Kier molecular flexibility index (Phi) is 3.75. The van der Waals surface area contributed by atoms with Crippen molar-refractivity contribution in [3.8, 4) is 0 Å². The lowest BCUT2D eigenvalue weighted by Gasteiger charge is -2.44. The van der Waals surface area contributed by atoms with Gasteiger partial charge in [-0.05, 0) is 42.0 Å². The van der Waals surface area contributed by atoms with Gasteiger partial charge in [0.25, 0.3) is 0 Å². The molecule has 1 fully saturated rings. The van der Waals surface area contributed by atoms with Crippen LogP contribution >= 0.6 is 0 Å². The molecular formula is C19H25NO. The minimum absolute atomic E-state index is 0.284. The standard InChI is InChI=1S/C19H25NO/c1-13(2)17-9-8-14(3)12-19(17,21)18-16-7-5-4-6-15(16)10-11-20-18/h4-7,10-11,13-14,17,21H,8-9,12H2,1-3H3. The fourth-order valence-corrected chi connectivity index (χ4v) is 4.11. The quantitative estimate of drug-likeness (QED) is 0.879. The molecule has 0 aliphatic heterocycles. The summed E-state index contributed by atoms with van der Waals surface area (Å²) in [6.07, 6.45) is 4.94. The average molecular weight is 283 g/mol. The zero-order chi connectivity index (χ0) is 15.0. The number of pyridine rings is 1. The summed E-state index contributed by atoms with van der Waals surface area (Å²) in [5.41, 5.74) is 0.0815. The second kappa shape index (κ2) is 5.42. The second-order valence-corrected chi connectivity index (χ2v) is 7.04. The van der Waals surface area contributed by atoms with Gasteiger partial charge in [0.2, 0.25) is 0 Å². The van der Waals surface area contributed by atoms with Gasteiger partial charge in [0.05, 0.1) is 5.69 Å². The van der Waals surface area contributed by atoms with Crippen molar-refractivity contribution in [2.24, 2.45) is 17.8 Å². The van der Waals surface area contributed by atoms with E-state index >= 15 is 0 Å². The van der Waals surface area contributed by atoms with Gasteiger partial charge in [0, 0.05) is 11.6 Å². The zero-order valence-corrected chi connectivity index (χ0v) is 13.2. The molecule has 1 saturated carbocycles. The van der Waals surface area contributed by atoms with Crippen LogP contribution in [0.2, 0.25) is 0 Å². The van der Waals surface area contributed by atoms with Gasteiger partial charge < -0.3 is 5.11 Å². The molecule has 1 aromatic heterocycles. The van der Waals surface area contributed by atoms with Crippen LogP contribution in [-0.4, -0.2) is 10.1 Å². The molecule has 0 saturated heterocycles. The third-order valence-electron chi connectivity index (χ3n) is 5.13. The van der Waals surface area contributed by atoms with E-state index < -0.39 is 5.60 Å². The predicted molar refractivity (Wildman–Crippen MR) is 87.0 cm³/mol. The second-order valence-electron chi connectivity index (χ2n) is 7.04. The van der Waals surface area contributed by atoms with Gasteiger partial charge in [-0.2, -0.15) is 0 Å². The van der Waals surface area contributed by atoms with Crippen molar-refractivity contribution in [1.29, 1.82) is 0 Å². The Morgan fingerprint density at radius 2 is 1.95 bits per heavy atom. The molecule has 1 aliphatic carbocycles. The number of rotatable bonds is 2. The third-order valence-corrected chi connectivity index (χ3v) is 5.13. The molecule has 2 heteroatoms. The maximum absolute atomic E-state index is 11.6. The number of aromatic nitrogens is 1. The third kappa shape index (κ3) is 2.46. The average Bonchev–Trinajstić information content (AvgIpc) is 2.46. The number of fused-ring (bicyclic) bond motifs is 1. The number of hydrogen-bond acceptors (Lipinski definition) is 2. The highest BCUT2D eigenvalue weighted by molar-refractivity contribution is 5.85. The zero-order valence-electron chi connectivity index (χ0n) is 13.2. The van der Waals surface area contributed by atoms with Crippen molar-refractivity contribution in [2.75, 3.05) is 0 Å². The van der Waals surface area contributed by atoms with Crippen molar-refractivity contribution >= 4 is 10.8 Å². The highest BCUT2D eigenvalue weighted by atomic mass is 16.3. The molecule has 0 bridgehead atoms. The normalized spacial score (nSPS) is 30.0. The highest BCUT2D eigenvalue weighted by Crippen LogP contribution is 2.48. The van der Waals surface area contributed by atoms with Crippen LogP contribution < -0.4 is 0 Å². The molecule has 0 radical (unpaired) electrons. The van der Waals surface area contributed by atoms with Crippen LogP contribution in [0.25, 0.3) is 10.8 Å². The van der Waals surface area contributed by atoms with Crippen molar-refractivity contribution in [3.63, 3.8) is 0 Å². The fourth-order valence-electron chi connectivity index (χ4n) is 4.11. The minimum Gasteiger partial charge on any atom is -0.383 e. The van der Waals surface area contributed by atoms with E-state index in [9.17, 15) is 5.11 Å². The summed E-state index contributed by atoms with van der Waals surface area (Å²) in [5, 5.41) is 13.8. The lowest BCUT2D eigenvalue weighted by Crippen LogP contribution is -2.43. The minimum atomic E-state index is -0.799. The molecule has 1 heterocycles. The Hall–Kier alpha value is -1.41. The first-order chi connectivity index (χ1) is 10.0. The SMILES string of the molecule is CC1CCC(C(C)C)C(O)(c2nccc3ccccc23)C1. The van der Waals surface area contributed by atoms with E-state index in [1.165, 1.54) is 6.42 Å². The predicted octanol–water partition coefficient (Wildman–Crippen LogP) is 4.51. The molecule has 0 spiro atoms. The highest BCUT2D eigenvalue weighted by Gasteiger charge is 2.45. The summed E-state index contributed by atoms with van der Waals surface area (Å²) in [4.78, 5) is 4.62. The monoisotopic (exact) mass is 283 g/mol. The van der Waals surface area contributed by atoms with Gasteiger partial charge in [0.15, 0.2) is 0 Å². The van der Waals surface area contributed by atoms with E-state index in [1.54, 1.807) is 0 Å². The van der Waals surface area contributed by atoms with Crippen LogP contribution in [0.3, 0.4) is 0 Å². The van der Waals surface area contributed by atoms with Crippen LogP contribution in [-0.2, 0) is 5.60 Å². The Balaban J connectivity index is 2.17. The molecule has 3 atom stereocenters. The summed E-state index contributed by atoms with van der Waals surface area (Å²) in [7, 11) is 0. The van der Waals surface area contributed by atoms with Crippen LogP contribution in [0, 0.1) is 17.8 Å². The number of hydrogen-bond donors (Lipinski definition) is 1. The number of nitrogens with zero attached hydrogens (tertiary/aromatic N) is 1. The molecule has 1 N–H and O–H groups in total. The lowest BCUT2D eigenvalue weighted by molar-refractivity contribution is -0.0885. The summed E-state index contributed by atoms with van der Waals surface area (Å²) in [6, 6.07) is 10.3. The van der Waals surface area contributed by atoms with Crippen LogP contribution in [0.5, 0.6) is 0 Å². The molecule has 1 aliphatic rings. The van der Waals surface area contributed by atoms with E-state index in [0.29, 0.717) is 11.8 Å². The van der Waals surface area contributed by atoms with Crippen LogP contribution in [0.1, 0.15) is 45.7 Å². The first-order valence-electron chi connectivity index (χ1n) is 8.09. The van der Waals surface area contributed by atoms with Crippen LogP contribution in [0.15, 0.2) is 36.5 Å². The molecular weight excluding hydrogens is 258 g/mol. The van der Waals surface area contributed by atoms with E-state index in [4.69, 9.17) is 0 Å². The van der Waals surface area contributed by atoms with Gasteiger partial charge in [0.1, 0.15) is 5.60 Å². The maximum atomic E-state index is 11.6. The van der Waals surface area contributed by atoms with Crippen molar-refractivity contribution in [2.45, 2.75) is 45.6 Å². The fraction of sp³-hybridized carbons (Fsp3) is 0.526. The Morgan fingerprint density at radius 1 is 1.19 bits per heavy atom. The van der Waals surface area contributed by atoms with Crippen molar-refractivity contribution in [1.82, 2.24) is 4.98 Å². The smallest absolute Gasteiger partial charge is 0.110 e. The summed E-state index contributed by atoms with van der Waals surface area (Å²) < 4.78 is 0. The molecule has 1 aromatic carbocycles. The molecule has 112 valence electrons. The topological polar surface area (TPSA) is 33.1 Å². The van der Waals surface area contributed by atoms with Gasteiger partial charge in [-0.25, -0.2) is 0 Å². The van der Waals surface area contributed by atoms with Gasteiger partial charge in [-0.15, -0.1) is 0 Å². The Bertz CT molecular complexity index is 631. The molecule has 2 nitrogen and oxygen atoms in total. The molecule has 0 amide bonds. The first kappa shape index (κ1) is 14.5. The van der Waals surface area contributed by atoms with Crippen molar-refractivity contribution < 1.29 is 5.11 Å². The van der Waals surface area contributed by atoms with E-state index in [0.717, 1.165) is 29.3 Å². The van der Waals surface area contributed by atoms with Gasteiger partial charge in [-0.3, -0.25) is 4.98 Å². The van der Waals surface area contributed by atoms with Gasteiger partial charge in [-0.1, -0.05) is 51.5 Å². The van der Waals surface area contributed by atoms with Crippen molar-refractivity contribution in [3.05, 3.63) is 42.2 Å². The number of aliphatic hydroxyl groups is 1. The molecule has 2 aromatic rings. The van der Waals surface area contributed by atoms with Gasteiger partial charge >= 0.3 is 0 Å². The van der Waals surface area contributed by atoms with E-state index in [-0.39, 0.29) is 5.92 Å². The molecule has 3 unspecified atom stereocenters. The summed E-state index contributed by atoms with van der Waals surface area (Å²) in [6.45, 7) is 6.68. The first-order valence-corrected chi connectivity index (χ1v) is 8.09. The number of benzene rings is 1.